The third kappa shape index (κ3) is 5.81. The number of carbonyl (C=O) groups is 1. The maximum Gasteiger partial charge on any atom is 0.257 e. The lowest BCUT2D eigenvalue weighted by Crippen LogP contribution is -2.42. The lowest BCUT2D eigenvalue weighted by molar-refractivity contribution is 0.0615. The van der Waals surface area contributed by atoms with E-state index < -0.39 is 0 Å². The third-order valence-corrected chi connectivity index (χ3v) is 5.53. The molecule has 1 saturated heterocycles. The minimum Gasteiger partial charge on any atom is -0.383 e. The Morgan fingerprint density at radius 1 is 1.31 bits per heavy atom. The number of aromatic nitrogens is 2. The van der Waals surface area contributed by atoms with E-state index in [0.717, 1.165) is 31.5 Å². The van der Waals surface area contributed by atoms with Gasteiger partial charge in [0.1, 0.15) is 12.1 Å². The van der Waals surface area contributed by atoms with E-state index in [4.69, 9.17) is 4.74 Å². The van der Waals surface area contributed by atoms with Gasteiger partial charge in [-0.3, -0.25) is 9.69 Å². The van der Waals surface area contributed by atoms with Crippen molar-refractivity contribution in [3.63, 3.8) is 0 Å². The van der Waals surface area contributed by atoms with Crippen LogP contribution in [0.5, 0.6) is 0 Å². The van der Waals surface area contributed by atoms with Crippen LogP contribution in [0.1, 0.15) is 34.5 Å². The van der Waals surface area contributed by atoms with Gasteiger partial charge in [0.2, 0.25) is 0 Å². The Balaban J connectivity index is 1.57. The van der Waals surface area contributed by atoms with Gasteiger partial charge in [-0.1, -0.05) is 18.2 Å². The molecule has 0 N–H and O–H groups in total. The number of hydrogen-bond donors (Lipinski definition) is 0. The van der Waals surface area contributed by atoms with Gasteiger partial charge in [-0.15, -0.1) is 0 Å². The molecule has 0 bridgehead atoms. The van der Waals surface area contributed by atoms with E-state index in [1.54, 1.807) is 19.4 Å². The number of amides is 1. The van der Waals surface area contributed by atoms with Gasteiger partial charge in [-0.05, 0) is 44.8 Å². The fraction of sp³-hybridized carbons (Fsp3) is 0.500. The van der Waals surface area contributed by atoms with Crippen molar-refractivity contribution < 1.29 is 13.9 Å². The summed E-state index contributed by atoms with van der Waals surface area (Å²) in [4.78, 5) is 25.3. The van der Waals surface area contributed by atoms with Crippen LogP contribution >= 0.6 is 0 Å². The van der Waals surface area contributed by atoms with E-state index >= 15 is 0 Å². The van der Waals surface area contributed by atoms with Crippen LogP contribution in [0.15, 0.2) is 36.8 Å². The van der Waals surface area contributed by atoms with E-state index in [1.807, 2.05) is 24.0 Å². The highest BCUT2D eigenvalue weighted by Crippen LogP contribution is 2.22. The van der Waals surface area contributed by atoms with Crippen LogP contribution in [-0.2, 0) is 11.3 Å². The Hall–Kier alpha value is -2.38. The quantitative estimate of drug-likeness (QED) is 0.682. The van der Waals surface area contributed by atoms with Crippen molar-refractivity contribution in [1.29, 1.82) is 0 Å². The highest BCUT2D eigenvalue weighted by molar-refractivity contribution is 5.94. The normalized spacial score (nSPS) is 15.4. The number of likely N-dealkylation sites (tertiary alicyclic amines) is 1. The fourth-order valence-electron chi connectivity index (χ4n) is 3.75. The molecule has 0 spiro atoms. The molecule has 29 heavy (non-hydrogen) atoms. The Morgan fingerprint density at radius 3 is 2.76 bits per heavy atom. The van der Waals surface area contributed by atoms with Crippen molar-refractivity contribution in [2.75, 3.05) is 39.9 Å². The molecule has 0 radical (unpaired) electrons. The summed E-state index contributed by atoms with van der Waals surface area (Å²) in [5.74, 6) is 0.220. The number of nitrogens with zero attached hydrogens (tertiary/aromatic N) is 4. The van der Waals surface area contributed by atoms with Crippen LogP contribution in [-0.4, -0.2) is 65.6 Å². The van der Waals surface area contributed by atoms with Gasteiger partial charge in [0, 0.05) is 38.5 Å². The van der Waals surface area contributed by atoms with Gasteiger partial charge in [-0.2, -0.15) is 0 Å². The molecule has 1 aromatic carbocycles. The van der Waals surface area contributed by atoms with Crippen molar-refractivity contribution in [1.82, 2.24) is 19.8 Å². The van der Waals surface area contributed by atoms with Crippen LogP contribution in [0.2, 0.25) is 0 Å². The maximum absolute atomic E-state index is 13.9. The summed E-state index contributed by atoms with van der Waals surface area (Å²) in [6, 6.07) is 6.95. The predicted molar refractivity (Wildman–Crippen MR) is 109 cm³/mol. The molecule has 1 fully saturated rings. The van der Waals surface area contributed by atoms with Crippen LogP contribution < -0.4 is 0 Å². The Labute approximate surface area is 171 Å². The number of piperidine rings is 1. The van der Waals surface area contributed by atoms with E-state index in [1.165, 1.54) is 12.4 Å². The Bertz CT molecular complexity index is 809. The molecule has 3 rings (SSSR count). The van der Waals surface area contributed by atoms with Gasteiger partial charge in [0.05, 0.1) is 17.9 Å². The molecule has 0 aliphatic carbocycles. The monoisotopic (exact) mass is 400 g/mol. The van der Waals surface area contributed by atoms with Crippen molar-refractivity contribution in [2.24, 2.45) is 5.92 Å². The number of rotatable bonds is 8. The molecule has 156 valence electrons. The summed E-state index contributed by atoms with van der Waals surface area (Å²) in [5.41, 5.74) is 1.97. The van der Waals surface area contributed by atoms with Crippen molar-refractivity contribution in [3.05, 3.63) is 59.4 Å². The number of benzene rings is 1. The maximum atomic E-state index is 13.9. The molecule has 6 nitrogen and oxygen atoms in total. The molecule has 0 saturated carbocycles. The Morgan fingerprint density at radius 2 is 2.07 bits per heavy atom. The molecule has 7 heteroatoms. The zero-order chi connectivity index (χ0) is 20.6. The summed E-state index contributed by atoms with van der Waals surface area (Å²) in [7, 11) is 1.64. The largest absolute Gasteiger partial charge is 0.383 e. The second kappa shape index (κ2) is 10.4. The number of halogens is 1. The number of hydrogen-bond acceptors (Lipinski definition) is 5. The van der Waals surface area contributed by atoms with Gasteiger partial charge in [0.25, 0.3) is 5.91 Å². The molecule has 0 unspecified atom stereocenters. The summed E-state index contributed by atoms with van der Waals surface area (Å²) in [5, 5.41) is 0. The first-order valence-electron chi connectivity index (χ1n) is 10.1. The molecule has 1 aromatic heterocycles. The van der Waals surface area contributed by atoms with Crippen LogP contribution in [0.25, 0.3) is 0 Å². The third-order valence-electron chi connectivity index (χ3n) is 5.53. The number of methoxy groups -OCH3 is 1. The fourth-order valence-corrected chi connectivity index (χ4v) is 3.75. The molecule has 2 heterocycles. The molecular formula is C22H29FN4O2. The first-order valence-corrected chi connectivity index (χ1v) is 10.1. The van der Waals surface area contributed by atoms with Crippen LogP contribution in [0.4, 0.5) is 4.39 Å². The zero-order valence-corrected chi connectivity index (χ0v) is 17.2. The minimum absolute atomic E-state index is 0.0473. The van der Waals surface area contributed by atoms with E-state index in [-0.39, 0.29) is 11.7 Å². The zero-order valence-electron chi connectivity index (χ0n) is 17.2. The van der Waals surface area contributed by atoms with Crippen LogP contribution in [0.3, 0.4) is 0 Å². The molecule has 2 aromatic rings. The standard InChI is InChI=1S/C22H29FN4O2/c1-17-20(13-24-16-25-17)22(28)27(11-12-29-2)14-18-7-9-26(10-8-18)15-19-5-3-4-6-21(19)23/h3-6,13,16,18H,7-12,14-15H2,1-2H3. The number of carbonyl (C=O) groups excluding carboxylic acids is 1. The highest BCUT2D eigenvalue weighted by atomic mass is 19.1. The summed E-state index contributed by atoms with van der Waals surface area (Å²) >= 11 is 0. The van der Waals surface area contributed by atoms with Crippen molar-refractivity contribution in [3.8, 4) is 0 Å². The van der Waals surface area contributed by atoms with Gasteiger partial charge < -0.3 is 9.64 Å². The Kier molecular flexibility index (Phi) is 7.66. The topological polar surface area (TPSA) is 58.6 Å². The average Bonchev–Trinajstić information content (AvgIpc) is 2.74. The predicted octanol–water partition coefficient (Wildman–Crippen LogP) is 2.92. The smallest absolute Gasteiger partial charge is 0.257 e. The first kappa shape index (κ1) is 21.3. The summed E-state index contributed by atoms with van der Waals surface area (Å²) < 4.78 is 19.1. The molecular weight excluding hydrogens is 371 g/mol. The van der Waals surface area contributed by atoms with Gasteiger partial charge in [0.15, 0.2) is 0 Å². The van der Waals surface area contributed by atoms with Crippen molar-refractivity contribution in [2.45, 2.75) is 26.3 Å². The molecule has 0 atom stereocenters. The SMILES string of the molecule is COCCN(CC1CCN(Cc2ccccc2F)CC1)C(=O)c1cncnc1C. The molecule has 1 aliphatic rings. The molecule has 1 aliphatic heterocycles. The molecule has 1 amide bonds. The van der Waals surface area contributed by atoms with Gasteiger partial charge in [-0.25, -0.2) is 14.4 Å². The summed E-state index contributed by atoms with van der Waals surface area (Å²) in [6.45, 7) is 5.97. The number of ether oxygens (including phenoxy) is 1. The van der Waals surface area contributed by atoms with E-state index in [0.29, 0.717) is 43.4 Å². The minimum atomic E-state index is -0.147. The van der Waals surface area contributed by atoms with Gasteiger partial charge >= 0.3 is 0 Å². The average molecular weight is 400 g/mol. The second-order valence-electron chi connectivity index (χ2n) is 7.58. The van der Waals surface area contributed by atoms with Crippen molar-refractivity contribution >= 4 is 5.91 Å². The second-order valence-corrected chi connectivity index (χ2v) is 7.58. The number of aryl methyl sites for hydroxylation is 1. The lowest BCUT2D eigenvalue weighted by atomic mass is 9.95. The highest BCUT2D eigenvalue weighted by Gasteiger charge is 2.25. The van der Waals surface area contributed by atoms with Crippen LogP contribution in [0, 0.1) is 18.7 Å². The lowest BCUT2D eigenvalue weighted by Gasteiger charge is -2.35. The van der Waals surface area contributed by atoms with E-state index in [2.05, 4.69) is 14.9 Å². The summed E-state index contributed by atoms with van der Waals surface area (Å²) in [6.07, 6.45) is 5.00. The van der Waals surface area contributed by atoms with E-state index in [9.17, 15) is 9.18 Å². The first-order chi connectivity index (χ1) is 14.1.